The van der Waals surface area contributed by atoms with Crippen LogP contribution in [0.25, 0.3) is 22.5 Å². The third kappa shape index (κ3) is 2.27. The van der Waals surface area contributed by atoms with Crippen molar-refractivity contribution in [2.75, 3.05) is 14.2 Å². The molecule has 0 atom stereocenters. The Morgan fingerprint density at radius 2 is 1.70 bits per heavy atom. The first-order chi connectivity index (χ1) is 11.3. The molecule has 4 heteroatoms. The summed E-state index contributed by atoms with van der Waals surface area (Å²) in [6, 6.07) is 14.4. The Labute approximate surface area is 135 Å². The van der Waals surface area contributed by atoms with E-state index >= 15 is 0 Å². The van der Waals surface area contributed by atoms with E-state index in [4.69, 9.17) is 9.47 Å². The minimum Gasteiger partial charge on any atom is -0.497 e. The number of ether oxygens (including phenoxy) is 2. The molecule has 1 heterocycles. The number of nitrogens with zero attached hydrogens (tertiary/aromatic N) is 1. The van der Waals surface area contributed by atoms with Gasteiger partial charge in [0, 0.05) is 22.8 Å². The van der Waals surface area contributed by atoms with Gasteiger partial charge in [-0.15, -0.1) is 0 Å². The summed E-state index contributed by atoms with van der Waals surface area (Å²) in [5.74, 6) is 1.54. The first-order valence-corrected chi connectivity index (χ1v) is 7.69. The van der Waals surface area contributed by atoms with Crippen LogP contribution in [0.4, 0.5) is 0 Å². The van der Waals surface area contributed by atoms with Gasteiger partial charge in [0.1, 0.15) is 11.5 Å². The van der Waals surface area contributed by atoms with E-state index in [-0.39, 0.29) is 0 Å². The smallest absolute Gasteiger partial charge is 0.123 e. The zero-order chi connectivity index (χ0) is 15.8. The number of aryl methyl sites for hydroxylation is 1. The highest BCUT2D eigenvalue weighted by molar-refractivity contribution is 5.78. The average Bonchev–Trinajstić information content (AvgIpc) is 3.05. The molecule has 1 aliphatic rings. The fourth-order valence-corrected chi connectivity index (χ4v) is 3.26. The van der Waals surface area contributed by atoms with E-state index in [2.05, 4.69) is 34.5 Å². The van der Waals surface area contributed by atoms with Gasteiger partial charge in [-0.05, 0) is 30.5 Å². The van der Waals surface area contributed by atoms with Crippen LogP contribution in [-0.4, -0.2) is 24.4 Å². The molecule has 1 N–H and O–H groups in total. The highest BCUT2D eigenvalue weighted by Crippen LogP contribution is 2.38. The molecule has 0 radical (unpaired) electrons. The zero-order valence-electron chi connectivity index (χ0n) is 13.2. The number of methoxy groups -OCH3 is 2. The largest absolute Gasteiger partial charge is 0.497 e. The van der Waals surface area contributed by atoms with Gasteiger partial charge in [-0.1, -0.05) is 24.3 Å². The van der Waals surface area contributed by atoms with Gasteiger partial charge >= 0.3 is 0 Å². The number of aromatic nitrogens is 2. The summed E-state index contributed by atoms with van der Waals surface area (Å²) in [4.78, 5) is 0. The number of fused-ring (bicyclic) bond motifs is 3. The van der Waals surface area contributed by atoms with Gasteiger partial charge < -0.3 is 9.47 Å². The second kappa shape index (κ2) is 5.47. The van der Waals surface area contributed by atoms with Gasteiger partial charge in [0.15, 0.2) is 0 Å². The quantitative estimate of drug-likeness (QED) is 0.799. The maximum atomic E-state index is 5.38. The maximum Gasteiger partial charge on any atom is 0.123 e. The van der Waals surface area contributed by atoms with E-state index < -0.39 is 0 Å². The summed E-state index contributed by atoms with van der Waals surface area (Å²) in [7, 11) is 3.32. The van der Waals surface area contributed by atoms with Crippen LogP contribution in [0.15, 0.2) is 42.5 Å². The van der Waals surface area contributed by atoms with Crippen molar-refractivity contribution in [1.82, 2.24) is 10.2 Å². The topological polar surface area (TPSA) is 47.1 Å². The van der Waals surface area contributed by atoms with Crippen molar-refractivity contribution >= 4 is 0 Å². The fraction of sp³-hybridized carbons (Fsp3) is 0.211. The summed E-state index contributed by atoms with van der Waals surface area (Å²) >= 11 is 0. The van der Waals surface area contributed by atoms with Crippen molar-refractivity contribution in [2.24, 2.45) is 0 Å². The van der Waals surface area contributed by atoms with E-state index in [1.807, 2.05) is 18.2 Å². The normalized spacial score (nSPS) is 12.4. The molecule has 0 saturated carbocycles. The zero-order valence-corrected chi connectivity index (χ0v) is 13.2. The Kier molecular flexibility index (Phi) is 3.30. The molecular formula is C19H18N2O2. The lowest BCUT2D eigenvalue weighted by Crippen LogP contribution is -2.03. The van der Waals surface area contributed by atoms with Gasteiger partial charge in [-0.25, -0.2) is 0 Å². The maximum absolute atomic E-state index is 5.38. The van der Waals surface area contributed by atoms with Crippen molar-refractivity contribution in [3.05, 3.63) is 53.6 Å². The number of hydrogen-bond acceptors (Lipinski definition) is 3. The molecule has 2 aromatic carbocycles. The van der Waals surface area contributed by atoms with Crippen molar-refractivity contribution in [3.63, 3.8) is 0 Å². The molecule has 0 aliphatic heterocycles. The Hall–Kier alpha value is -2.75. The third-order valence-electron chi connectivity index (χ3n) is 4.42. The van der Waals surface area contributed by atoms with Crippen molar-refractivity contribution in [3.8, 4) is 34.0 Å². The molecule has 1 aromatic heterocycles. The van der Waals surface area contributed by atoms with Crippen LogP contribution < -0.4 is 9.47 Å². The van der Waals surface area contributed by atoms with Crippen LogP contribution in [0.5, 0.6) is 11.5 Å². The lowest BCUT2D eigenvalue weighted by atomic mass is 9.88. The van der Waals surface area contributed by atoms with Gasteiger partial charge in [-0.2, -0.15) is 5.10 Å². The molecule has 0 amide bonds. The van der Waals surface area contributed by atoms with Crippen LogP contribution in [0, 0.1) is 0 Å². The SMILES string of the molecule is COc1cc(OC)cc(-c2n[nH]c3c2CCc2ccccc2-3)c1. The van der Waals surface area contributed by atoms with E-state index in [9.17, 15) is 0 Å². The van der Waals surface area contributed by atoms with Crippen molar-refractivity contribution in [2.45, 2.75) is 12.8 Å². The van der Waals surface area contributed by atoms with Gasteiger partial charge in [0.25, 0.3) is 0 Å². The summed E-state index contributed by atoms with van der Waals surface area (Å²) in [5, 5.41) is 7.81. The van der Waals surface area contributed by atoms with E-state index in [1.54, 1.807) is 14.2 Å². The molecule has 0 spiro atoms. The minimum absolute atomic E-state index is 0.771. The summed E-state index contributed by atoms with van der Waals surface area (Å²) in [6.45, 7) is 0. The van der Waals surface area contributed by atoms with Crippen LogP contribution in [-0.2, 0) is 12.8 Å². The second-order valence-electron chi connectivity index (χ2n) is 5.68. The number of hydrogen-bond donors (Lipinski definition) is 1. The molecule has 0 saturated heterocycles. The highest BCUT2D eigenvalue weighted by atomic mass is 16.5. The first-order valence-electron chi connectivity index (χ1n) is 7.69. The molecule has 23 heavy (non-hydrogen) atoms. The Bertz CT molecular complexity index is 845. The lowest BCUT2D eigenvalue weighted by molar-refractivity contribution is 0.394. The molecule has 3 aromatic rings. The van der Waals surface area contributed by atoms with Crippen LogP contribution in [0.3, 0.4) is 0 Å². The Morgan fingerprint density at radius 3 is 2.43 bits per heavy atom. The number of aromatic amines is 1. The Morgan fingerprint density at radius 1 is 0.957 bits per heavy atom. The van der Waals surface area contributed by atoms with Crippen molar-refractivity contribution < 1.29 is 9.47 Å². The molecule has 4 nitrogen and oxygen atoms in total. The fourth-order valence-electron chi connectivity index (χ4n) is 3.26. The predicted octanol–water partition coefficient (Wildman–Crippen LogP) is 3.86. The number of nitrogens with one attached hydrogen (secondary N) is 1. The van der Waals surface area contributed by atoms with Crippen LogP contribution in [0.2, 0.25) is 0 Å². The average molecular weight is 306 g/mol. The first kappa shape index (κ1) is 13.9. The number of rotatable bonds is 3. The monoisotopic (exact) mass is 306 g/mol. The molecule has 0 fully saturated rings. The molecule has 0 unspecified atom stereocenters. The van der Waals surface area contributed by atoms with E-state index in [1.165, 1.54) is 16.7 Å². The van der Waals surface area contributed by atoms with Gasteiger partial charge in [0.2, 0.25) is 0 Å². The van der Waals surface area contributed by atoms with Gasteiger partial charge in [-0.3, -0.25) is 5.10 Å². The summed E-state index contributed by atoms with van der Waals surface area (Å²) in [6.07, 6.45) is 2.02. The Balaban J connectivity index is 1.86. The van der Waals surface area contributed by atoms with Crippen LogP contribution in [0.1, 0.15) is 11.1 Å². The van der Waals surface area contributed by atoms with E-state index in [0.29, 0.717) is 0 Å². The second-order valence-corrected chi connectivity index (χ2v) is 5.68. The molecule has 1 aliphatic carbocycles. The molecule has 4 rings (SSSR count). The standard InChI is InChI=1S/C19H18N2O2/c1-22-14-9-13(10-15(11-14)23-2)18-17-8-7-12-5-3-4-6-16(12)19(17)21-20-18/h3-6,9-11H,7-8H2,1-2H3,(H,20,21). The van der Waals surface area contributed by atoms with E-state index in [0.717, 1.165) is 41.3 Å². The minimum atomic E-state index is 0.771. The van der Waals surface area contributed by atoms with Crippen molar-refractivity contribution in [1.29, 1.82) is 0 Å². The van der Waals surface area contributed by atoms with Crippen LogP contribution >= 0.6 is 0 Å². The molecule has 0 bridgehead atoms. The molecular weight excluding hydrogens is 288 g/mol. The number of H-pyrrole nitrogens is 1. The lowest BCUT2D eigenvalue weighted by Gasteiger charge is -2.16. The van der Waals surface area contributed by atoms with Gasteiger partial charge in [0.05, 0.1) is 25.6 Å². The highest BCUT2D eigenvalue weighted by Gasteiger charge is 2.22. The third-order valence-corrected chi connectivity index (χ3v) is 4.42. The summed E-state index contributed by atoms with van der Waals surface area (Å²) < 4.78 is 10.8. The molecule has 116 valence electrons. The predicted molar refractivity (Wildman–Crippen MR) is 90.0 cm³/mol. The summed E-state index contributed by atoms with van der Waals surface area (Å²) in [5.41, 5.74) is 7.01. The number of benzene rings is 2.